The van der Waals surface area contributed by atoms with Crippen LogP contribution in [0.5, 0.6) is 0 Å². The summed E-state index contributed by atoms with van der Waals surface area (Å²) in [5.74, 6) is -0.254. The summed E-state index contributed by atoms with van der Waals surface area (Å²) in [5.41, 5.74) is 0. The van der Waals surface area contributed by atoms with Gasteiger partial charge in [0.15, 0.2) is 6.29 Å². The number of ether oxygens (including phenoxy) is 2. The van der Waals surface area contributed by atoms with Crippen molar-refractivity contribution in [1.29, 1.82) is 0 Å². The molecule has 0 radical (unpaired) electrons. The number of amides is 1. The Morgan fingerprint density at radius 2 is 0.840 bits per heavy atom. The van der Waals surface area contributed by atoms with Gasteiger partial charge in [0.05, 0.1) is 25.4 Å². The van der Waals surface area contributed by atoms with Gasteiger partial charge < -0.3 is 35.2 Å². The molecule has 1 aliphatic heterocycles. The number of aliphatic hydroxyl groups excluding tert-OH is 4. The molecule has 446 valence electrons. The van der Waals surface area contributed by atoms with Gasteiger partial charge in [0.2, 0.25) is 5.91 Å². The normalized spacial score (nSPS) is 19.1. The topological polar surface area (TPSA) is 192 Å². The number of rotatable bonds is 57. The largest absolute Gasteiger partial charge is 0.397 e. The lowest BCUT2D eigenvalue weighted by Crippen LogP contribution is -2.61. The Kier molecular flexibility index (Phi) is 50.0. The highest BCUT2D eigenvalue weighted by molar-refractivity contribution is 7.80. The van der Waals surface area contributed by atoms with Crippen LogP contribution in [0.25, 0.3) is 0 Å². The monoisotopic (exact) mass is 1090 g/mol. The van der Waals surface area contributed by atoms with E-state index in [1.54, 1.807) is 6.08 Å². The van der Waals surface area contributed by atoms with Crippen molar-refractivity contribution in [2.45, 2.75) is 365 Å². The summed E-state index contributed by atoms with van der Waals surface area (Å²) in [6.45, 7) is 3.46. The second-order valence-electron chi connectivity index (χ2n) is 22.7. The second kappa shape index (κ2) is 52.2. The Morgan fingerprint density at radius 3 is 1.16 bits per heavy atom. The average molecular weight is 1090 g/mol. The van der Waals surface area contributed by atoms with Crippen molar-refractivity contribution < 1.29 is 51.8 Å². The Hall–Kier alpha value is -1.16. The van der Waals surface area contributed by atoms with E-state index in [4.69, 9.17) is 9.47 Å². The van der Waals surface area contributed by atoms with Gasteiger partial charge in [-0.25, -0.2) is 4.18 Å². The molecule has 7 unspecified atom stereocenters. The van der Waals surface area contributed by atoms with Crippen LogP contribution in [0.2, 0.25) is 0 Å². The van der Waals surface area contributed by atoms with Gasteiger partial charge in [-0.2, -0.15) is 8.42 Å². The molecule has 1 saturated heterocycles. The molecule has 6 N–H and O–H groups in total. The standard InChI is InChI=1S/C62H121NO11S/c1-3-5-7-9-11-13-15-17-19-21-23-25-27-29-31-33-35-37-39-41-43-45-47-49-51-56(65)55(54-72-62-60(68)61(74-75(69,70)71)59(67)57(53-64)73-62)63-58(66)52-50-48-46-44-42-40-38-36-34-32-30-28-26-24-22-20-18-16-14-12-10-8-6-4-2/h49,51,55-57,59-62,64-65,67-68H,3-48,50,52-54H2,1-2H3,(H,63,66)(H,69,70,71)/b51-49+. The first kappa shape index (κ1) is 71.9. The number of carbonyl (C=O) groups excluding carboxylic acids is 1. The van der Waals surface area contributed by atoms with Gasteiger partial charge in [0.25, 0.3) is 0 Å². The zero-order valence-electron chi connectivity index (χ0n) is 48.6. The number of allylic oxidation sites excluding steroid dienone is 1. The van der Waals surface area contributed by atoms with E-state index < -0.39 is 59.9 Å². The van der Waals surface area contributed by atoms with E-state index in [0.717, 1.165) is 38.5 Å². The fourth-order valence-electron chi connectivity index (χ4n) is 10.6. The third kappa shape index (κ3) is 44.3. The lowest BCUT2D eigenvalue weighted by atomic mass is 9.99. The van der Waals surface area contributed by atoms with Crippen molar-refractivity contribution in [3.63, 3.8) is 0 Å². The summed E-state index contributed by atoms with van der Waals surface area (Å²) in [7, 11) is -5.09. The van der Waals surface area contributed by atoms with Gasteiger partial charge in [0.1, 0.15) is 24.4 Å². The summed E-state index contributed by atoms with van der Waals surface area (Å²) >= 11 is 0. The molecule has 0 aromatic rings. The van der Waals surface area contributed by atoms with E-state index in [9.17, 15) is 38.2 Å². The van der Waals surface area contributed by atoms with Gasteiger partial charge in [-0.3, -0.25) is 9.35 Å². The molecule has 0 aromatic carbocycles. The quantitative estimate of drug-likeness (QED) is 0.0193. The van der Waals surface area contributed by atoms with Crippen LogP contribution < -0.4 is 5.32 Å². The SMILES string of the molecule is CCCCCCCCCCCCCCCCCCCCCCCC/C=C/C(O)C(COC1OC(CO)C(O)C(OS(=O)(=O)O)C1O)NC(=O)CCCCCCCCCCCCCCCCCCCCCCCCCC. The van der Waals surface area contributed by atoms with Crippen LogP contribution in [0.4, 0.5) is 0 Å². The van der Waals surface area contributed by atoms with Crippen molar-refractivity contribution in [2.24, 2.45) is 0 Å². The molecule has 1 heterocycles. The van der Waals surface area contributed by atoms with Gasteiger partial charge in [-0.15, -0.1) is 0 Å². The Bertz CT molecular complexity index is 1370. The molecule has 1 amide bonds. The summed E-state index contributed by atoms with van der Waals surface area (Å²) in [5, 5.41) is 45.1. The number of hydrogen-bond donors (Lipinski definition) is 6. The fourth-order valence-corrected chi connectivity index (χ4v) is 11.1. The van der Waals surface area contributed by atoms with Gasteiger partial charge >= 0.3 is 10.4 Å². The molecule has 13 heteroatoms. The lowest BCUT2D eigenvalue weighted by molar-refractivity contribution is -0.298. The molecule has 75 heavy (non-hydrogen) atoms. The van der Waals surface area contributed by atoms with E-state index in [1.807, 2.05) is 6.08 Å². The van der Waals surface area contributed by atoms with E-state index in [0.29, 0.717) is 6.42 Å². The number of unbranched alkanes of at least 4 members (excludes halogenated alkanes) is 45. The van der Waals surface area contributed by atoms with Crippen LogP contribution in [0.1, 0.15) is 322 Å². The minimum atomic E-state index is -5.09. The molecule has 0 aromatic heterocycles. The van der Waals surface area contributed by atoms with Crippen LogP contribution >= 0.6 is 0 Å². The minimum Gasteiger partial charge on any atom is -0.394 e. The Labute approximate surface area is 461 Å². The summed E-state index contributed by atoms with van der Waals surface area (Å²) < 4.78 is 48.0. The smallest absolute Gasteiger partial charge is 0.394 e. The molecule has 12 nitrogen and oxygen atoms in total. The summed E-state index contributed by atoms with van der Waals surface area (Å²) in [4.78, 5) is 13.2. The van der Waals surface area contributed by atoms with Crippen molar-refractivity contribution in [3.8, 4) is 0 Å². The maximum absolute atomic E-state index is 13.2. The van der Waals surface area contributed by atoms with E-state index in [2.05, 4.69) is 23.3 Å². The average Bonchev–Trinajstić information content (AvgIpc) is 3.39. The zero-order chi connectivity index (χ0) is 54.7. The molecule has 1 aliphatic rings. The predicted octanol–water partition coefficient (Wildman–Crippen LogP) is 15.8. The van der Waals surface area contributed by atoms with Crippen LogP contribution in [0.3, 0.4) is 0 Å². The maximum atomic E-state index is 13.2. The van der Waals surface area contributed by atoms with E-state index in [1.165, 1.54) is 257 Å². The zero-order valence-corrected chi connectivity index (χ0v) is 49.5. The first-order valence-corrected chi connectivity index (χ1v) is 33.4. The minimum absolute atomic E-state index is 0.254. The summed E-state index contributed by atoms with van der Waals surface area (Å²) in [6, 6.07) is -0.941. The van der Waals surface area contributed by atoms with E-state index in [-0.39, 0.29) is 18.9 Å². The Balaban J connectivity index is 2.31. The number of nitrogens with one attached hydrogen (secondary N) is 1. The Morgan fingerprint density at radius 1 is 0.520 bits per heavy atom. The second-order valence-corrected chi connectivity index (χ2v) is 23.8. The van der Waals surface area contributed by atoms with Gasteiger partial charge in [-0.1, -0.05) is 309 Å². The summed E-state index contributed by atoms with van der Waals surface area (Å²) in [6.07, 6.45) is 55.5. The number of aliphatic hydroxyl groups is 4. The number of hydrogen-bond acceptors (Lipinski definition) is 10. The molecule has 1 rings (SSSR count). The van der Waals surface area contributed by atoms with Crippen molar-refractivity contribution >= 4 is 16.3 Å². The molecule has 0 aliphatic carbocycles. The van der Waals surface area contributed by atoms with Crippen LogP contribution in [-0.4, -0.2) is 95.4 Å². The third-order valence-electron chi connectivity index (χ3n) is 15.6. The molecule has 0 saturated carbocycles. The van der Waals surface area contributed by atoms with Crippen LogP contribution in [0, 0.1) is 0 Å². The fraction of sp³-hybridized carbons (Fsp3) is 0.952. The predicted molar refractivity (Wildman–Crippen MR) is 310 cm³/mol. The first-order chi connectivity index (χ1) is 36.5. The molecule has 7 atom stereocenters. The lowest BCUT2D eigenvalue weighted by Gasteiger charge is -2.41. The van der Waals surface area contributed by atoms with Crippen LogP contribution in [0.15, 0.2) is 12.2 Å². The highest BCUT2D eigenvalue weighted by Gasteiger charge is 2.48. The van der Waals surface area contributed by atoms with Crippen molar-refractivity contribution in [1.82, 2.24) is 5.32 Å². The maximum Gasteiger partial charge on any atom is 0.397 e. The van der Waals surface area contributed by atoms with E-state index >= 15 is 0 Å². The van der Waals surface area contributed by atoms with Gasteiger partial charge in [0, 0.05) is 6.42 Å². The highest BCUT2D eigenvalue weighted by atomic mass is 32.3. The third-order valence-corrected chi connectivity index (χ3v) is 16.0. The molecule has 0 spiro atoms. The van der Waals surface area contributed by atoms with Crippen molar-refractivity contribution in [3.05, 3.63) is 12.2 Å². The number of carbonyl (C=O) groups is 1. The molecular formula is C62H121NO11S. The van der Waals surface area contributed by atoms with Gasteiger partial charge in [-0.05, 0) is 19.3 Å². The van der Waals surface area contributed by atoms with Crippen molar-refractivity contribution in [2.75, 3.05) is 13.2 Å². The van der Waals surface area contributed by atoms with Crippen LogP contribution in [-0.2, 0) is 28.9 Å². The highest BCUT2D eigenvalue weighted by Crippen LogP contribution is 2.26. The molecular weight excluding hydrogens is 967 g/mol. The molecule has 1 fully saturated rings. The first-order valence-electron chi connectivity index (χ1n) is 32.1. The molecule has 0 bridgehead atoms.